The molecule has 2 aromatic heterocycles. The molecule has 0 saturated heterocycles. The van der Waals surface area contributed by atoms with Crippen molar-refractivity contribution < 1.29 is 24.3 Å². The Kier molecular flexibility index (Phi) is 7.41. The zero-order chi connectivity index (χ0) is 24.0. The van der Waals surface area contributed by atoms with E-state index in [4.69, 9.17) is 11.5 Å². The summed E-state index contributed by atoms with van der Waals surface area (Å²) in [5.41, 5.74) is 13.5. The van der Waals surface area contributed by atoms with Crippen LogP contribution in [-0.4, -0.2) is 61.9 Å². The molecule has 0 aliphatic carbocycles. The number of fused-ring (bicyclic) bond motifs is 1. The molecule has 2 heterocycles. The van der Waals surface area contributed by atoms with Crippen LogP contribution in [0.4, 0.5) is 0 Å². The third-order valence-electron chi connectivity index (χ3n) is 5.08. The molecule has 12 nitrogen and oxygen atoms in total. The Morgan fingerprint density at radius 2 is 1.76 bits per heavy atom. The molecule has 0 aliphatic heterocycles. The number of aromatic amines is 2. The lowest BCUT2D eigenvalue weighted by Gasteiger charge is -2.22. The minimum Gasteiger partial charge on any atom is -0.480 e. The molecule has 0 aliphatic rings. The zero-order valence-electron chi connectivity index (χ0n) is 17.6. The van der Waals surface area contributed by atoms with Gasteiger partial charge in [0.1, 0.15) is 12.1 Å². The summed E-state index contributed by atoms with van der Waals surface area (Å²) in [6, 6.07) is 3.80. The number of nitrogens with one attached hydrogen (secondary N) is 4. The van der Waals surface area contributed by atoms with Crippen molar-refractivity contribution in [3.63, 3.8) is 0 Å². The SMILES string of the molecule is NC(=O)CC(NC(=O)C(N)Cc1c[nH]c2ccccc12)C(=O)NC(Cc1cnc[nH]1)C(=O)O. The number of aromatic nitrogens is 3. The highest BCUT2D eigenvalue weighted by Crippen LogP contribution is 2.18. The largest absolute Gasteiger partial charge is 0.480 e. The predicted molar refractivity (Wildman–Crippen MR) is 118 cm³/mol. The molecule has 0 saturated carbocycles. The van der Waals surface area contributed by atoms with Crippen molar-refractivity contribution in [2.75, 3.05) is 0 Å². The summed E-state index contributed by atoms with van der Waals surface area (Å²) in [6.07, 6.45) is 4.14. The maximum Gasteiger partial charge on any atom is 0.326 e. The molecule has 0 fully saturated rings. The number of amides is 3. The van der Waals surface area contributed by atoms with Gasteiger partial charge in [-0.3, -0.25) is 14.4 Å². The Hall–Kier alpha value is -4.19. The second-order valence-electron chi connectivity index (χ2n) is 7.58. The van der Waals surface area contributed by atoms with E-state index in [0.29, 0.717) is 5.69 Å². The standard InChI is InChI=1S/C21H25N7O5/c22-14(5-11-8-25-15-4-2-1-3-13(11)15)19(30)27-16(7-18(23)29)20(31)28-17(21(32)33)6-12-9-24-10-26-12/h1-4,8-10,14,16-17,25H,5-7,22H2,(H2,23,29)(H,24,26)(H,27,30)(H,28,31)(H,32,33). The summed E-state index contributed by atoms with van der Waals surface area (Å²) in [6.45, 7) is 0. The van der Waals surface area contributed by atoms with Crippen LogP contribution in [0.3, 0.4) is 0 Å². The van der Waals surface area contributed by atoms with Crippen LogP contribution in [0.25, 0.3) is 10.9 Å². The number of carbonyl (C=O) groups is 4. The Bertz CT molecular complexity index is 1140. The highest BCUT2D eigenvalue weighted by Gasteiger charge is 2.29. The van der Waals surface area contributed by atoms with Crippen LogP contribution in [-0.2, 0) is 32.0 Å². The number of benzene rings is 1. The van der Waals surface area contributed by atoms with Gasteiger partial charge in [0.25, 0.3) is 0 Å². The van der Waals surface area contributed by atoms with E-state index in [1.807, 2.05) is 24.3 Å². The van der Waals surface area contributed by atoms with Crippen LogP contribution in [0.15, 0.2) is 43.0 Å². The molecule has 0 radical (unpaired) electrons. The van der Waals surface area contributed by atoms with E-state index in [2.05, 4.69) is 25.6 Å². The van der Waals surface area contributed by atoms with Gasteiger partial charge in [0, 0.05) is 35.4 Å². The van der Waals surface area contributed by atoms with Gasteiger partial charge >= 0.3 is 5.97 Å². The van der Waals surface area contributed by atoms with E-state index in [9.17, 15) is 24.3 Å². The number of rotatable bonds is 11. The van der Waals surface area contributed by atoms with Crippen LogP contribution in [0.5, 0.6) is 0 Å². The molecule has 0 bridgehead atoms. The smallest absolute Gasteiger partial charge is 0.326 e. The van der Waals surface area contributed by atoms with Crippen LogP contribution < -0.4 is 22.1 Å². The molecule has 3 aromatic rings. The van der Waals surface area contributed by atoms with E-state index in [1.54, 1.807) is 6.20 Å². The summed E-state index contributed by atoms with van der Waals surface area (Å²) in [5, 5.41) is 15.1. The fourth-order valence-corrected chi connectivity index (χ4v) is 3.41. The average Bonchev–Trinajstić information content (AvgIpc) is 3.42. The van der Waals surface area contributed by atoms with Crippen LogP contribution in [0.2, 0.25) is 0 Å². The van der Waals surface area contributed by atoms with Crippen molar-refractivity contribution in [1.82, 2.24) is 25.6 Å². The Balaban J connectivity index is 1.66. The first-order valence-electron chi connectivity index (χ1n) is 10.1. The van der Waals surface area contributed by atoms with Crippen LogP contribution in [0, 0.1) is 0 Å². The number of nitrogens with two attached hydrogens (primary N) is 2. The van der Waals surface area contributed by atoms with Crippen molar-refractivity contribution in [2.45, 2.75) is 37.4 Å². The summed E-state index contributed by atoms with van der Waals surface area (Å²) in [5.74, 6) is -3.69. The molecule has 174 valence electrons. The summed E-state index contributed by atoms with van der Waals surface area (Å²) < 4.78 is 0. The second-order valence-corrected chi connectivity index (χ2v) is 7.58. The van der Waals surface area contributed by atoms with Gasteiger partial charge in [-0.2, -0.15) is 0 Å². The number of H-pyrrole nitrogens is 2. The van der Waals surface area contributed by atoms with Crippen molar-refractivity contribution >= 4 is 34.6 Å². The molecular formula is C21H25N7O5. The lowest BCUT2D eigenvalue weighted by atomic mass is 10.0. The van der Waals surface area contributed by atoms with Gasteiger partial charge in [0.05, 0.1) is 18.8 Å². The van der Waals surface area contributed by atoms with Gasteiger partial charge in [-0.05, 0) is 18.1 Å². The molecule has 33 heavy (non-hydrogen) atoms. The Labute approximate surface area is 188 Å². The lowest BCUT2D eigenvalue weighted by Crippen LogP contribution is -2.56. The van der Waals surface area contributed by atoms with E-state index in [-0.39, 0.29) is 12.8 Å². The van der Waals surface area contributed by atoms with E-state index < -0.39 is 48.2 Å². The summed E-state index contributed by atoms with van der Waals surface area (Å²) in [4.78, 5) is 58.1. The van der Waals surface area contributed by atoms with Gasteiger partial charge in [0.2, 0.25) is 17.7 Å². The molecule has 12 heteroatoms. The molecule has 0 spiro atoms. The topological polar surface area (TPSA) is 209 Å². The predicted octanol–water partition coefficient (Wildman–Crippen LogP) is -1.07. The van der Waals surface area contributed by atoms with Crippen LogP contribution >= 0.6 is 0 Å². The monoisotopic (exact) mass is 455 g/mol. The fourth-order valence-electron chi connectivity index (χ4n) is 3.41. The first-order chi connectivity index (χ1) is 15.7. The number of aliphatic carboxylic acids is 1. The zero-order valence-corrected chi connectivity index (χ0v) is 17.6. The highest BCUT2D eigenvalue weighted by molar-refractivity contribution is 5.95. The lowest BCUT2D eigenvalue weighted by molar-refractivity contribution is -0.142. The molecule has 3 rings (SSSR count). The number of hydrogen-bond acceptors (Lipinski definition) is 6. The highest BCUT2D eigenvalue weighted by atomic mass is 16.4. The minimum absolute atomic E-state index is 0.0710. The number of carbonyl (C=O) groups excluding carboxylic acids is 3. The van der Waals surface area contributed by atoms with E-state index in [1.165, 1.54) is 12.5 Å². The van der Waals surface area contributed by atoms with Crippen molar-refractivity contribution in [3.05, 3.63) is 54.2 Å². The molecule has 1 aromatic carbocycles. The maximum absolute atomic E-state index is 12.7. The van der Waals surface area contributed by atoms with Crippen molar-refractivity contribution in [3.8, 4) is 0 Å². The number of para-hydroxylation sites is 1. The molecule has 9 N–H and O–H groups in total. The van der Waals surface area contributed by atoms with Gasteiger partial charge in [-0.15, -0.1) is 0 Å². The normalized spacial score (nSPS) is 13.7. The van der Waals surface area contributed by atoms with E-state index >= 15 is 0 Å². The van der Waals surface area contributed by atoms with Crippen molar-refractivity contribution in [2.24, 2.45) is 11.5 Å². The number of nitrogens with zero attached hydrogens (tertiary/aromatic N) is 1. The third-order valence-corrected chi connectivity index (χ3v) is 5.08. The van der Waals surface area contributed by atoms with Crippen LogP contribution in [0.1, 0.15) is 17.7 Å². The van der Waals surface area contributed by atoms with Crippen molar-refractivity contribution in [1.29, 1.82) is 0 Å². The molecule has 3 amide bonds. The average molecular weight is 455 g/mol. The molecule has 3 unspecified atom stereocenters. The number of hydrogen-bond donors (Lipinski definition) is 7. The Morgan fingerprint density at radius 3 is 2.42 bits per heavy atom. The minimum atomic E-state index is -1.38. The van der Waals surface area contributed by atoms with Gasteiger partial charge in [-0.1, -0.05) is 18.2 Å². The maximum atomic E-state index is 12.7. The number of imidazole rings is 1. The number of carboxylic acids is 1. The van der Waals surface area contributed by atoms with Gasteiger partial charge in [-0.25, -0.2) is 9.78 Å². The fraction of sp³-hybridized carbons (Fsp3) is 0.286. The summed E-state index contributed by atoms with van der Waals surface area (Å²) >= 11 is 0. The molecular weight excluding hydrogens is 430 g/mol. The van der Waals surface area contributed by atoms with Gasteiger partial charge < -0.3 is 37.2 Å². The first-order valence-corrected chi connectivity index (χ1v) is 10.1. The third kappa shape index (κ3) is 6.17. The second kappa shape index (κ2) is 10.4. The quantitative estimate of drug-likeness (QED) is 0.190. The van der Waals surface area contributed by atoms with E-state index in [0.717, 1.165) is 16.5 Å². The Morgan fingerprint density at radius 1 is 1.03 bits per heavy atom. The molecule has 3 atom stereocenters. The first kappa shape index (κ1) is 23.5. The number of primary amides is 1. The summed E-state index contributed by atoms with van der Waals surface area (Å²) in [7, 11) is 0. The number of carboxylic acid groups (broad SMARTS) is 1. The van der Waals surface area contributed by atoms with Gasteiger partial charge in [0.15, 0.2) is 0 Å².